The molecular weight excluding hydrogens is 192 g/mol. The van der Waals surface area contributed by atoms with Crippen LogP contribution in [0, 0.1) is 5.92 Å². The number of alkyl halides is 1. The minimum atomic E-state index is 0.719. The Kier molecular flexibility index (Phi) is 3.71. The Morgan fingerprint density at radius 1 is 1.50 bits per heavy atom. The third-order valence-electron chi connectivity index (χ3n) is 2.17. The van der Waals surface area contributed by atoms with E-state index in [2.05, 4.69) is 22.9 Å². The molecule has 1 aliphatic heterocycles. The van der Waals surface area contributed by atoms with Gasteiger partial charge in [0.25, 0.3) is 0 Å². The van der Waals surface area contributed by atoms with Crippen LogP contribution in [-0.4, -0.2) is 18.0 Å². The summed E-state index contributed by atoms with van der Waals surface area (Å²) in [5.41, 5.74) is 0. The lowest BCUT2D eigenvalue weighted by atomic mass is 9.95. The van der Waals surface area contributed by atoms with Crippen LogP contribution >= 0.6 is 15.9 Å². The van der Waals surface area contributed by atoms with Gasteiger partial charge in [-0.25, -0.2) is 0 Å². The van der Waals surface area contributed by atoms with Crippen molar-refractivity contribution in [3.63, 3.8) is 0 Å². The highest BCUT2D eigenvalue weighted by atomic mass is 79.9. The van der Waals surface area contributed by atoms with E-state index in [4.69, 9.17) is 4.74 Å². The fraction of sp³-hybridized carbons (Fsp3) is 1.00. The molecular formula is C8H15BrO. The maximum Gasteiger partial charge on any atom is 0.0469 e. The van der Waals surface area contributed by atoms with Gasteiger partial charge in [0.1, 0.15) is 0 Å². The second kappa shape index (κ2) is 4.35. The molecule has 0 aliphatic carbocycles. The van der Waals surface area contributed by atoms with Gasteiger partial charge in [-0.05, 0) is 25.2 Å². The molecule has 1 unspecified atom stereocenters. The van der Waals surface area contributed by atoms with Crippen LogP contribution < -0.4 is 0 Å². The molecule has 0 bridgehead atoms. The molecule has 1 nitrogen and oxygen atoms in total. The zero-order chi connectivity index (χ0) is 7.40. The van der Waals surface area contributed by atoms with E-state index >= 15 is 0 Å². The zero-order valence-electron chi connectivity index (χ0n) is 6.48. The third-order valence-corrected chi connectivity index (χ3v) is 3.56. The van der Waals surface area contributed by atoms with Gasteiger partial charge in [0, 0.05) is 18.0 Å². The molecule has 0 radical (unpaired) electrons. The number of hydrogen-bond acceptors (Lipinski definition) is 1. The zero-order valence-corrected chi connectivity index (χ0v) is 8.06. The quantitative estimate of drug-likeness (QED) is 0.632. The molecule has 0 aromatic heterocycles. The highest BCUT2D eigenvalue weighted by molar-refractivity contribution is 9.09. The van der Waals surface area contributed by atoms with Crippen molar-refractivity contribution in [2.75, 3.05) is 13.2 Å². The largest absolute Gasteiger partial charge is 0.381 e. The fourth-order valence-corrected chi connectivity index (χ4v) is 1.94. The third kappa shape index (κ3) is 2.24. The van der Waals surface area contributed by atoms with Gasteiger partial charge in [0.15, 0.2) is 0 Å². The van der Waals surface area contributed by atoms with Crippen molar-refractivity contribution in [2.45, 2.75) is 31.0 Å². The summed E-state index contributed by atoms with van der Waals surface area (Å²) in [6.45, 7) is 4.16. The average molecular weight is 207 g/mol. The molecule has 0 aromatic rings. The highest BCUT2D eigenvalue weighted by Gasteiger charge is 2.19. The van der Waals surface area contributed by atoms with E-state index < -0.39 is 0 Å². The molecule has 1 atom stereocenters. The van der Waals surface area contributed by atoms with E-state index in [9.17, 15) is 0 Å². The number of halogens is 1. The smallest absolute Gasteiger partial charge is 0.0469 e. The first-order chi connectivity index (χ1) is 4.84. The van der Waals surface area contributed by atoms with Crippen molar-refractivity contribution in [2.24, 2.45) is 5.92 Å². The Morgan fingerprint density at radius 3 is 2.60 bits per heavy atom. The second-order valence-electron chi connectivity index (χ2n) is 2.87. The second-order valence-corrected chi connectivity index (χ2v) is 4.05. The summed E-state index contributed by atoms with van der Waals surface area (Å²) in [7, 11) is 0. The predicted molar refractivity (Wildman–Crippen MR) is 46.5 cm³/mol. The van der Waals surface area contributed by atoms with E-state index in [1.165, 1.54) is 19.3 Å². The summed E-state index contributed by atoms with van der Waals surface area (Å²) in [6, 6.07) is 0. The first-order valence-corrected chi connectivity index (χ1v) is 4.98. The minimum absolute atomic E-state index is 0.719. The molecule has 0 N–H and O–H groups in total. The molecule has 0 spiro atoms. The van der Waals surface area contributed by atoms with Crippen molar-refractivity contribution in [3.8, 4) is 0 Å². The van der Waals surface area contributed by atoms with Gasteiger partial charge in [0.05, 0.1) is 0 Å². The van der Waals surface area contributed by atoms with Gasteiger partial charge in [0.2, 0.25) is 0 Å². The Balaban J connectivity index is 2.24. The molecule has 0 amide bonds. The molecule has 0 saturated carbocycles. The summed E-state index contributed by atoms with van der Waals surface area (Å²) in [5.74, 6) is 0.860. The molecule has 0 aromatic carbocycles. The van der Waals surface area contributed by atoms with Crippen molar-refractivity contribution >= 4 is 15.9 Å². The van der Waals surface area contributed by atoms with Crippen LogP contribution in [0.2, 0.25) is 0 Å². The standard InChI is InChI=1S/C8H15BrO/c1-2-8(9)7-3-5-10-6-4-7/h7-8H,2-6H2,1H3. The molecule has 2 heteroatoms. The van der Waals surface area contributed by atoms with Crippen molar-refractivity contribution < 1.29 is 4.74 Å². The number of rotatable bonds is 2. The first kappa shape index (κ1) is 8.54. The Hall–Kier alpha value is 0.440. The monoisotopic (exact) mass is 206 g/mol. The highest BCUT2D eigenvalue weighted by Crippen LogP contribution is 2.25. The molecule has 10 heavy (non-hydrogen) atoms. The SMILES string of the molecule is CCC(Br)C1CCOCC1. The average Bonchev–Trinajstić information content (AvgIpc) is 2.05. The Bertz CT molecular complexity index is 89.3. The van der Waals surface area contributed by atoms with E-state index in [1.54, 1.807) is 0 Å². The van der Waals surface area contributed by atoms with Crippen LogP contribution in [0.4, 0.5) is 0 Å². The molecule has 1 heterocycles. The van der Waals surface area contributed by atoms with Gasteiger partial charge < -0.3 is 4.74 Å². The van der Waals surface area contributed by atoms with Gasteiger partial charge in [-0.3, -0.25) is 0 Å². The van der Waals surface area contributed by atoms with Crippen molar-refractivity contribution in [3.05, 3.63) is 0 Å². The summed E-state index contributed by atoms with van der Waals surface area (Å²) in [6.07, 6.45) is 3.72. The Morgan fingerprint density at radius 2 is 2.10 bits per heavy atom. The van der Waals surface area contributed by atoms with Crippen LogP contribution in [0.5, 0.6) is 0 Å². The van der Waals surface area contributed by atoms with Gasteiger partial charge >= 0.3 is 0 Å². The summed E-state index contributed by atoms with van der Waals surface area (Å²) < 4.78 is 5.27. The predicted octanol–water partition coefficient (Wildman–Crippen LogP) is 2.59. The molecule has 1 aliphatic rings. The fourth-order valence-electron chi connectivity index (χ4n) is 1.41. The number of ether oxygens (including phenoxy) is 1. The topological polar surface area (TPSA) is 9.23 Å². The lowest BCUT2D eigenvalue weighted by Crippen LogP contribution is -2.22. The molecule has 1 rings (SSSR count). The summed E-state index contributed by atoms with van der Waals surface area (Å²) >= 11 is 3.68. The maximum atomic E-state index is 5.27. The van der Waals surface area contributed by atoms with E-state index in [-0.39, 0.29) is 0 Å². The molecule has 60 valence electrons. The van der Waals surface area contributed by atoms with Gasteiger partial charge in [-0.2, -0.15) is 0 Å². The lowest BCUT2D eigenvalue weighted by molar-refractivity contribution is 0.0660. The van der Waals surface area contributed by atoms with E-state index in [0.29, 0.717) is 0 Å². The molecule has 1 fully saturated rings. The van der Waals surface area contributed by atoms with E-state index in [1.807, 2.05) is 0 Å². The van der Waals surface area contributed by atoms with Crippen molar-refractivity contribution in [1.82, 2.24) is 0 Å². The van der Waals surface area contributed by atoms with Crippen LogP contribution in [0.1, 0.15) is 26.2 Å². The minimum Gasteiger partial charge on any atom is -0.381 e. The van der Waals surface area contributed by atoms with E-state index in [0.717, 1.165) is 24.0 Å². The number of hydrogen-bond donors (Lipinski definition) is 0. The summed E-state index contributed by atoms with van der Waals surface area (Å²) in [5, 5.41) is 0. The lowest BCUT2D eigenvalue weighted by Gasteiger charge is -2.25. The van der Waals surface area contributed by atoms with Gasteiger partial charge in [-0.1, -0.05) is 22.9 Å². The van der Waals surface area contributed by atoms with Crippen molar-refractivity contribution in [1.29, 1.82) is 0 Å². The van der Waals surface area contributed by atoms with Crippen LogP contribution in [0.25, 0.3) is 0 Å². The van der Waals surface area contributed by atoms with Crippen LogP contribution in [-0.2, 0) is 4.74 Å². The van der Waals surface area contributed by atoms with Crippen LogP contribution in [0.15, 0.2) is 0 Å². The Labute approximate surface area is 71.3 Å². The summed E-state index contributed by atoms with van der Waals surface area (Å²) in [4.78, 5) is 0.719. The first-order valence-electron chi connectivity index (χ1n) is 4.06. The van der Waals surface area contributed by atoms with Crippen LogP contribution in [0.3, 0.4) is 0 Å². The molecule has 1 saturated heterocycles. The normalized spacial score (nSPS) is 24.6. The maximum absolute atomic E-state index is 5.27. The van der Waals surface area contributed by atoms with Gasteiger partial charge in [-0.15, -0.1) is 0 Å².